The van der Waals surface area contributed by atoms with Gasteiger partial charge in [-0.05, 0) is 69.7 Å². The van der Waals surface area contributed by atoms with Gasteiger partial charge >= 0.3 is 0 Å². The summed E-state index contributed by atoms with van der Waals surface area (Å²) in [5.41, 5.74) is 14.2. The lowest BCUT2D eigenvalue weighted by Crippen LogP contribution is -2.36. The highest BCUT2D eigenvalue weighted by Gasteiger charge is 2.08. The van der Waals surface area contributed by atoms with Crippen molar-refractivity contribution in [3.63, 3.8) is 0 Å². The molecule has 0 spiro atoms. The number of nitrogens with zero attached hydrogens (tertiary/aromatic N) is 2. The van der Waals surface area contributed by atoms with E-state index in [1.54, 1.807) is 0 Å². The van der Waals surface area contributed by atoms with Gasteiger partial charge in [-0.2, -0.15) is 0 Å². The molecule has 172 valence electrons. The molecule has 1 fully saturated rings. The fraction of sp³-hybridized carbons (Fsp3) is 0.739. The molecule has 0 radical (unpaired) electrons. The fourth-order valence-corrected chi connectivity index (χ4v) is 3.86. The second-order valence-corrected chi connectivity index (χ2v) is 8.26. The summed E-state index contributed by atoms with van der Waals surface area (Å²) in [5.74, 6) is 0. The standard InChI is InChI=1S/C23H45N7/c24-8-1-16-29(18-9-25)20-22-4-6-23(7-5-22)21-30-17-3-12-27-14-13-26-10-2-11-28-15-19-30/h4-7,26-28H,1-3,8-21,24-25H2. The third-order valence-corrected chi connectivity index (χ3v) is 5.58. The minimum atomic E-state index is 0.691. The van der Waals surface area contributed by atoms with Crippen LogP contribution < -0.4 is 27.4 Å². The van der Waals surface area contributed by atoms with E-state index in [0.29, 0.717) is 6.54 Å². The predicted octanol–water partition coefficient (Wildman–Crippen LogP) is 0.161. The van der Waals surface area contributed by atoms with E-state index in [2.05, 4.69) is 50.0 Å². The van der Waals surface area contributed by atoms with Crippen LogP contribution in [0.25, 0.3) is 0 Å². The topological polar surface area (TPSA) is 94.6 Å². The first kappa shape index (κ1) is 25.2. The maximum Gasteiger partial charge on any atom is 0.0234 e. The van der Waals surface area contributed by atoms with E-state index in [9.17, 15) is 0 Å². The summed E-state index contributed by atoms with van der Waals surface area (Å²) < 4.78 is 0. The quantitative estimate of drug-likeness (QED) is 0.389. The van der Waals surface area contributed by atoms with Crippen molar-refractivity contribution in [2.24, 2.45) is 11.5 Å². The van der Waals surface area contributed by atoms with Crippen LogP contribution in [0.1, 0.15) is 30.4 Å². The van der Waals surface area contributed by atoms with Crippen molar-refractivity contribution in [2.45, 2.75) is 32.4 Å². The van der Waals surface area contributed by atoms with Gasteiger partial charge in [0, 0.05) is 52.4 Å². The number of hydrogen-bond acceptors (Lipinski definition) is 7. The van der Waals surface area contributed by atoms with Crippen LogP contribution in [0.15, 0.2) is 24.3 Å². The van der Waals surface area contributed by atoms with Crippen LogP contribution in [-0.4, -0.2) is 88.3 Å². The van der Waals surface area contributed by atoms with Crippen LogP contribution in [0.4, 0.5) is 0 Å². The Morgan fingerprint density at radius 2 is 1.40 bits per heavy atom. The minimum absolute atomic E-state index is 0.691. The summed E-state index contributed by atoms with van der Waals surface area (Å²) in [6.45, 7) is 14.0. The van der Waals surface area contributed by atoms with E-state index in [1.807, 2.05) is 0 Å². The first-order chi connectivity index (χ1) is 14.8. The molecule has 2 rings (SSSR count). The molecule has 7 heteroatoms. The highest BCUT2D eigenvalue weighted by Crippen LogP contribution is 2.10. The van der Waals surface area contributed by atoms with Crippen molar-refractivity contribution < 1.29 is 0 Å². The number of nitrogens with one attached hydrogen (secondary N) is 3. The van der Waals surface area contributed by atoms with Crippen LogP contribution in [0.2, 0.25) is 0 Å². The normalized spacial score (nSPS) is 18.4. The molecule has 30 heavy (non-hydrogen) atoms. The van der Waals surface area contributed by atoms with Crippen LogP contribution >= 0.6 is 0 Å². The van der Waals surface area contributed by atoms with Gasteiger partial charge in [0.2, 0.25) is 0 Å². The van der Waals surface area contributed by atoms with Gasteiger partial charge in [0.15, 0.2) is 0 Å². The highest BCUT2D eigenvalue weighted by atomic mass is 15.1. The molecular weight excluding hydrogens is 374 g/mol. The molecular formula is C23H45N7. The molecule has 1 aromatic rings. The van der Waals surface area contributed by atoms with Crippen LogP contribution in [0, 0.1) is 0 Å². The maximum atomic E-state index is 5.77. The minimum Gasteiger partial charge on any atom is -0.330 e. The van der Waals surface area contributed by atoms with E-state index in [1.165, 1.54) is 24.0 Å². The predicted molar refractivity (Wildman–Crippen MR) is 128 cm³/mol. The van der Waals surface area contributed by atoms with E-state index >= 15 is 0 Å². The van der Waals surface area contributed by atoms with E-state index in [4.69, 9.17) is 11.5 Å². The van der Waals surface area contributed by atoms with Crippen LogP contribution in [-0.2, 0) is 13.1 Å². The molecule has 0 aliphatic carbocycles. The lowest BCUT2D eigenvalue weighted by molar-refractivity contribution is 0.259. The van der Waals surface area contributed by atoms with Gasteiger partial charge in [0.25, 0.3) is 0 Å². The van der Waals surface area contributed by atoms with Crippen molar-refractivity contribution in [3.8, 4) is 0 Å². The van der Waals surface area contributed by atoms with Gasteiger partial charge in [0.05, 0.1) is 0 Å². The summed E-state index contributed by atoms with van der Waals surface area (Å²) in [6.07, 6.45) is 3.40. The van der Waals surface area contributed by atoms with Crippen molar-refractivity contribution in [1.82, 2.24) is 25.8 Å². The molecule has 1 heterocycles. The Hall–Kier alpha value is -1.06. The van der Waals surface area contributed by atoms with E-state index in [0.717, 1.165) is 91.5 Å². The van der Waals surface area contributed by atoms with Gasteiger partial charge in [-0.25, -0.2) is 0 Å². The molecule has 0 bridgehead atoms. The molecule has 0 amide bonds. The molecule has 1 aromatic carbocycles. The van der Waals surface area contributed by atoms with Gasteiger partial charge in [-0.15, -0.1) is 0 Å². The second-order valence-electron chi connectivity index (χ2n) is 8.26. The average molecular weight is 420 g/mol. The van der Waals surface area contributed by atoms with Crippen molar-refractivity contribution in [1.29, 1.82) is 0 Å². The van der Waals surface area contributed by atoms with Gasteiger partial charge in [0.1, 0.15) is 0 Å². The molecule has 7 nitrogen and oxygen atoms in total. The number of nitrogens with two attached hydrogens (primary N) is 2. The first-order valence-electron chi connectivity index (χ1n) is 11.9. The zero-order valence-corrected chi connectivity index (χ0v) is 18.9. The Morgan fingerprint density at radius 1 is 0.733 bits per heavy atom. The summed E-state index contributed by atoms with van der Waals surface area (Å²) >= 11 is 0. The Balaban J connectivity index is 1.83. The highest BCUT2D eigenvalue weighted by molar-refractivity contribution is 5.22. The lowest BCUT2D eigenvalue weighted by Gasteiger charge is -2.24. The van der Waals surface area contributed by atoms with Crippen LogP contribution in [0.3, 0.4) is 0 Å². The Labute approximate surface area is 183 Å². The number of hydrogen-bond donors (Lipinski definition) is 5. The second kappa shape index (κ2) is 16.6. The smallest absolute Gasteiger partial charge is 0.0234 e. The first-order valence-corrected chi connectivity index (χ1v) is 11.9. The average Bonchev–Trinajstić information content (AvgIpc) is 2.76. The summed E-state index contributed by atoms with van der Waals surface area (Å²) in [7, 11) is 0. The lowest BCUT2D eigenvalue weighted by atomic mass is 10.1. The number of rotatable bonds is 9. The molecule has 1 aliphatic rings. The largest absolute Gasteiger partial charge is 0.330 e. The number of benzene rings is 1. The van der Waals surface area contributed by atoms with Gasteiger partial charge in [-0.3, -0.25) is 9.80 Å². The molecule has 1 saturated heterocycles. The summed E-state index contributed by atoms with van der Waals surface area (Å²) in [6, 6.07) is 9.14. The van der Waals surface area contributed by atoms with Crippen molar-refractivity contribution >= 4 is 0 Å². The Morgan fingerprint density at radius 3 is 2.10 bits per heavy atom. The molecule has 0 atom stereocenters. The third-order valence-electron chi connectivity index (χ3n) is 5.58. The maximum absolute atomic E-state index is 5.77. The monoisotopic (exact) mass is 419 g/mol. The van der Waals surface area contributed by atoms with Gasteiger partial charge < -0.3 is 27.4 Å². The zero-order valence-electron chi connectivity index (χ0n) is 18.9. The SMILES string of the molecule is NCCCN(CCN)Cc1ccc(CN2CCCNCCNCCCNCC2)cc1. The summed E-state index contributed by atoms with van der Waals surface area (Å²) in [5, 5.41) is 10.6. The fourth-order valence-electron chi connectivity index (χ4n) is 3.86. The molecule has 0 aromatic heterocycles. The Bertz CT molecular complexity index is 509. The van der Waals surface area contributed by atoms with Crippen molar-refractivity contribution in [3.05, 3.63) is 35.4 Å². The summed E-state index contributed by atoms with van der Waals surface area (Å²) in [4.78, 5) is 4.98. The Kier molecular flexibility index (Phi) is 14.0. The zero-order chi connectivity index (χ0) is 21.3. The molecule has 1 aliphatic heterocycles. The third kappa shape index (κ3) is 11.4. The molecule has 7 N–H and O–H groups in total. The van der Waals surface area contributed by atoms with Gasteiger partial charge in [-0.1, -0.05) is 24.3 Å². The van der Waals surface area contributed by atoms with E-state index < -0.39 is 0 Å². The van der Waals surface area contributed by atoms with Crippen molar-refractivity contribution in [2.75, 3.05) is 78.5 Å². The van der Waals surface area contributed by atoms with E-state index in [-0.39, 0.29) is 0 Å². The molecule has 0 unspecified atom stereocenters. The van der Waals surface area contributed by atoms with Crippen LogP contribution in [0.5, 0.6) is 0 Å². The molecule has 0 saturated carbocycles.